The molecule has 0 spiro atoms. The Bertz CT molecular complexity index is 524. The Balaban J connectivity index is 0.00000180. The van der Waals surface area contributed by atoms with Crippen LogP contribution in [0.15, 0.2) is 28.9 Å². The van der Waals surface area contributed by atoms with Crippen LogP contribution in [0.25, 0.3) is 11.5 Å². The Labute approximate surface area is 117 Å². The maximum Gasteiger partial charge on any atom is 0.274 e. The van der Waals surface area contributed by atoms with Crippen LogP contribution < -0.4 is 5.73 Å². The van der Waals surface area contributed by atoms with Crippen molar-refractivity contribution in [2.75, 3.05) is 13.6 Å². The predicted octanol–water partition coefficient (Wildman–Crippen LogP) is 1.51. The molecule has 0 aromatic carbocycles. The van der Waals surface area contributed by atoms with E-state index in [1.54, 1.807) is 36.4 Å². The summed E-state index contributed by atoms with van der Waals surface area (Å²) in [7, 11) is 1.71. The van der Waals surface area contributed by atoms with Crippen molar-refractivity contribution >= 4 is 18.3 Å². The molecule has 1 atom stereocenters. The lowest BCUT2D eigenvalue weighted by Gasteiger charge is -2.22. The Hall–Kier alpha value is -1.79. The van der Waals surface area contributed by atoms with Crippen LogP contribution in [0.4, 0.5) is 0 Å². The Morgan fingerprint density at radius 3 is 2.95 bits per heavy atom. The average Bonchev–Trinajstić information content (AvgIpc) is 3.05. The largest absolute Gasteiger partial charge is 0.463 e. The van der Waals surface area contributed by atoms with Gasteiger partial charge in [-0.15, -0.1) is 12.4 Å². The first kappa shape index (κ1) is 15.3. The Morgan fingerprint density at radius 2 is 2.37 bits per heavy atom. The molecule has 7 heteroatoms. The number of aromatic amines is 1. The molecule has 2 aromatic rings. The number of amides is 1. The molecule has 104 valence electrons. The number of carbonyl (C=O) groups is 1. The molecule has 6 nitrogen and oxygen atoms in total. The van der Waals surface area contributed by atoms with Crippen LogP contribution in [0, 0.1) is 0 Å². The van der Waals surface area contributed by atoms with Crippen LogP contribution >= 0.6 is 12.4 Å². The fraction of sp³-hybridized carbons (Fsp3) is 0.333. The zero-order valence-corrected chi connectivity index (χ0v) is 11.6. The number of nitrogens with two attached hydrogens (primary N) is 1. The third-order valence-corrected chi connectivity index (χ3v) is 2.91. The third-order valence-electron chi connectivity index (χ3n) is 2.91. The van der Waals surface area contributed by atoms with Crippen molar-refractivity contribution < 1.29 is 9.21 Å². The normalized spacial score (nSPS) is 11.7. The zero-order valence-electron chi connectivity index (χ0n) is 10.8. The standard InChI is InChI=1S/C12H16N4O2.ClH/c1-8(7-13)16(2)12(17)10-6-9(14-15-10)11-4-3-5-18-11;/h3-6,8H,7,13H2,1-2H3,(H,14,15);1H. The molecule has 0 aliphatic heterocycles. The minimum atomic E-state index is -0.165. The van der Waals surface area contributed by atoms with Gasteiger partial charge in [0.1, 0.15) is 5.69 Å². The molecule has 0 fully saturated rings. The number of furan rings is 1. The van der Waals surface area contributed by atoms with Gasteiger partial charge in [0.25, 0.3) is 5.91 Å². The van der Waals surface area contributed by atoms with E-state index in [4.69, 9.17) is 10.2 Å². The van der Waals surface area contributed by atoms with Gasteiger partial charge in [-0.05, 0) is 19.1 Å². The second kappa shape index (κ2) is 6.40. The fourth-order valence-corrected chi connectivity index (χ4v) is 1.53. The minimum absolute atomic E-state index is 0. The van der Waals surface area contributed by atoms with Crippen LogP contribution in [0.3, 0.4) is 0 Å². The van der Waals surface area contributed by atoms with Crippen molar-refractivity contribution in [3.05, 3.63) is 30.2 Å². The highest BCUT2D eigenvalue weighted by Crippen LogP contribution is 2.18. The van der Waals surface area contributed by atoms with E-state index in [1.165, 1.54) is 0 Å². The van der Waals surface area contributed by atoms with Crippen LogP contribution in [-0.2, 0) is 0 Å². The first-order chi connectivity index (χ1) is 8.63. The molecular weight excluding hydrogens is 268 g/mol. The average molecular weight is 285 g/mol. The van der Waals surface area contributed by atoms with Crippen LogP contribution in [0.2, 0.25) is 0 Å². The van der Waals surface area contributed by atoms with E-state index >= 15 is 0 Å². The van der Waals surface area contributed by atoms with E-state index < -0.39 is 0 Å². The van der Waals surface area contributed by atoms with Gasteiger partial charge in [0.2, 0.25) is 0 Å². The third kappa shape index (κ3) is 3.15. The first-order valence-corrected chi connectivity index (χ1v) is 5.70. The van der Waals surface area contributed by atoms with Gasteiger partial charge in [-0.25, -0.2) is 0 Å². The van der Waals surface area contributed by atoms with Crippen LogP contribution in [0.5, 0.6) is 0 Å². The molecule has 2 aromatic heterocycles. The van der Waals surface area contributed by atoms with E-state index in [2.05, 4.69) is 10.2 Å². The number of hydrogen-bond donors (Lipinski definition) is 2. The van der Waals surface area contributed by atoms with Gasteiger partial charge in [-0.2, -0.15) is 5.10 Å². The van der Waals surface area contributed by atoms with Gasteiger partial charge in [-0.3, -0.25) is 9.89 Å². The molecule has 0 bridgehead atoms. The lowest BCUT2D eigenvalue weighted by molar-refractivity contribution is 0.0742. The molecule has 0 radical (unpaired) electrons. The highest BCUT2D eigenvalue weighted by atomic mass is 35.5. The Morgan fingerprint density at radius 1 is 1.63 bits per heavy atom. The molecular formula is C12H17ClN4O2. The molecule has 1 unspecified atom stereocenters. The maximum atomic E-state index is 12.1. The summed E-state index contributed by atoms with van der Waals surface area (Å²) in [4.78, 5) is 13.7. The summed E-state index contributed by atoms with van der Waals surface area (Å²) >= 11 is 0. The van der Waals surface area contributed by atoms with Gasteiger partial charge < -0.3 is 15.1 Å². The lowest BCUT2D eigenvalue weighted by atomic mass is 10.2. The van der Waals surface area contributed by atoms with Gasteiger partial charge in [0.05, 0.1) is 6.26 Å². The number of nitrogens with one attached hydrogen (secondary N) is 1. The second-order valence-corrected chi connectivity index (χ2v) is 4.14. The molecule has 2 rings (SSSR count). The summed E-state index contributed by atoms with van der Waals surface area (Å²) in [6.07, 6.45) is 1.57. The number of aromatic nitrogens is 2. The fourth-order valence-electron chi connectivity index (χ4n) is 1.53. The highest BCUT2D eigenvalue weighted by Gasteiger charge is 2.19. The smallest absolute Gasteiger partial charge is 0.274 e. The second-order valence-electron chi connectivity index (χ2n) is 4.14. The summed E-state index contributed by atoms with van der Waals surface area (Å²) in [6, 6.07) is 5.22. The summed E-state index contributed by atoms with van der Waals surface area (Å²) < 4.78 is 5.23. The SMILES string of the molecule is CC(CN)N(C)C(=O)c1cc(-c2ccco2)[nH]n1.Cl. The van der Waals surface area contributed by atoms with Crippen molar-refractivity contribution in [1.29, 1.82) is 0 Å². The molecule has 0 saturated heterocycles. The van der Waals surface area contributed by atoms with Crippen LogP contribution in [-0.4, -0.2) is 40.6 Å². The highest BCUT2D eigenvalue weighted by molar-refractivity contribution is 5.93. The number of H-pyrrole nitrogens is 1. The number of rotatable bonds is 4. The molecule has 2 heterocycles. The van der Waals surface area contributed by atoms with E-state index in [1.807, 2.05) is 6.92 Å². The van der Waals surface area contributed by atoms with E-state index in [9.17, 15) is 4.79 Å². The molecule has 3 N–H and O–H groups in total. The van der Waals surface area contributed by atoms with Crippen molar-refractivity contribution in [2.24, 2.45) is 5.73 Å². The summed E-state index contributed by atoms with van der Waals surface area (Å²) in [5, 5.41) is 6.77. The van der Waals surface area contributed by atoms with Gasteiger partial charge in [-0.1, -0.05) is 0 Å². The molecule has 0 aliphatic rings. The molecule has 1 amide bonds. The molecule has 0 saturated carbocycles. The maximum absolute atomic E-state index is 12.1. The van der Waals surface area contributed by atoms with Gasteiger partial charge in [0.15, 0.2) is 11.5 Å². The first-order valence-electron chi connectivity index (χ1n) is 5.70. The van der Waals surface area contributed by atoms with Gasteiger partial charge in [0, 0.05) is 25.7 Å². The van der Waals surface area contributed by atoms with Crippen molar-refractivity contribution in [3.8, 4) is 11.5 Å². The number of likely N-dealkylation sites (N-methyl/N-ethyl adjacent to an activating group) is 1. The quantitative estimate of drug-likeness (QED) is 0.891. The number of carbonyl (C=O) groups excluding carboxylic acids is 1. The number of halogens is 1. The van der Waals surface area contributed by atoms with Crippen LogP contribution in [0.1, 0.15) is 17.4 Å². The number of hydrogen-bond acceptors (Lipinski definition) is 4. The van der Waals surface area contributed by atoms with Crippen molar-refractivity contribution in [2.45, 2.75) is 13.0 Å². The van der Waals surface area contributed by atoms with E-state index in [0.717, 1.165) is 0 Å². The van der Waals surface area contributed by atoms with E-state index in [0.29, 0.717) is 23.7 Å². The summed E-state index contributed by atoms with van der Waals surface area (Å²) in [6.45, 7) is 2.30. The topological polar surface area (TPSA) is 88.1 Å². The minimum Gasteiger partial charge on any atom is -0.463 e. The Kier molecular flexibility index (Phi) is 5.14. The summed E-state index contributed by atoms with van der Waals surface area (Å²) in [5.74, 6) is 0.484. The monoisotopic (exact) mass is 284 g/mol. The van der Waals surface area contributed by atoms with E-state index in [-0.39, 0.29) is 24.4 Å². The van der Waals surface area contributed by atoms with Crippen molar-refractivity contribution in [1.82, 2.24) is 15.1 Å². The number of nitrogens with zero attached hydrogens (tertiary/aromatic N) is 2. The molecule has 0 aliphatic carbocycles. The zero-order chi connectivity index (χ0) is 13.1. The lowest BCUT2D eigenvalue weighted by Crippen LogP contribution is -2.39. The van der Waals surface area contributed by atoms with Gasteiger partial charge >= 0.3 is 0 Å². The molecule has 19 heavy (non-hydrogen) atoms. The summed E-state index contributed by atoms with van der Waals surface area (Å²) in [5.41, 5.74) is 6.56. The van der Waals surface area contributed by atoms with Crippen molar-refractivity contribution in [3.63, 3.8) is 0 Å². The predicted molar refractivity (Wildman–Crippen MR) is 74.1 cm³/mol.